The van der Waals surface area contributed by atoms with E-state index in [9.17, 15) is 5.11 Å². The van der Waals surface area contributed by atoms with Crippen LogP contribution in [0.1, 0.15) is 101 Å². The second kappa shape index (κ2) is 9.93. The molecule has 1 heterocycles. The third-order valence-electron chi connectivity index (χ3n) is 9.17. The van der Waals surface area contributed by atoms with E-state index in [1.54, 1.807) is 6.07 Å². The van der Waals surface area contributed by atoms with Crippen LogP contribution in [0.3, 0.4) is 0 Å². The molecule has 0 amide bonds. The highest BCUT2D eigenvalue weighted by atomic mass is 19.1. The fraction of sp³-hybridized carbons (Fsp3) is 0.786. The molecule has 3 aliphatic carbocycles. The Kier molecular flexibility index (Phi) is 7.13. The Morgan fingerprint density at radius 2 is 1.52 bits per heavy atom. The maximum atomic E-state index is 15.2. The Morgan fingerprint density at radius 1 is 0.909 bits per heavy atom. The monoisotopic (exact) mass is 460 g/mol. The van der Waals surface area contributed by atoms with Crippen molar-refractivity contribution in [2.75, 3.05) is 19.8 Å². The lowest BCUT2D eigenvalue weighted by molar-refractivity contribution is -0.186. The van der Waals surface area contributed by atoms with Gasteiger partial charge in [0.1, 0.15) is 5.82 Å². The fourth-order valence-corrected chi connectivity index (χ4v) is 7.16. The third kappa shape index (κ3) is 5.03. The number of benzene rings is 1. The van der Waals surface area contributed by atoms with Crippen molar-refractivity contribution in [2.24, 2.45) is 11.8 Å². The first kappa shape index (κ1) is 23.7. The lowest BCUT2D eigenvalue weighted by Crippen LogP contribution is -2.39. The molecule has 5 rings (SSSR count). The van der Waals surface area contributed by atoms with E-state index in [-0.39, 0.29) is 11.6 Å². The van der Waals surface area contributed by atoms with Gasteiger partial charge in [-0.25, -0.2) is 4.39 Å². The van der Waals surface area contributed by atoms with Crippen LogP contribution in [0.2, 0.25) is 0 Å². The maximum absolute atomic E-state index is 15.2. The molecule has 5 heteroatoms. The highest BCUT2D eigenvalue weighted by molar-refractivity contribution is 5.31. The normalized spacial score (nSPS) is 35.2. The average Bonchev–Trinajstić information content (AvgIpc) is 3.29. The summed E-state index contributed by atoms with van der Waals surface area (Å²) in [4.78, 5) is 0. The Hall–Kier alpha value is -1.01. The Balaban J connectivity index is 1.16. The molecule has 1 saturated heterocycles. The van der Waals surface area contributed by atoms with Crippen LogP contribution in [0, 0.1) is 17.7 Å². The van der Waals surface area contributed by atoms with Crippen molar-refractivity contribution in [3.63, 3.8) is 0 Å². The van der Waals surface area contributed by atoms with Crippen LogP contribution < -0.4 is 0 Å². The third-order valence-corrected chi connectivity index (χ3v) is 9.17. The molecule has 4 fully saturated rings. The molecule has 4 nitrogen and oxygen atoms in total. The summed E-state index contributed by atoms with van der Waals surface area (Å²) in [5.74, 6) is 1.16. The van der Waals surface area contributed by atoms with Gasteiger partial charge in [-0.15, -0.1) is 0 Å². The Morgan fingerprint density at radius 3 is 2.09 bits per heavy atom. The van der Waals surface area contributed by atoms with E-state index in [2.05, 4.69) is 6.07 Å². The van der Waals surface area contributed by atoms with Crippen LogP contribution in [-0.2, 0) is 19.8 Å². The molecule has 1 aromatic rings. The van der Waals surface area contributed by atoms with E-state index in [0.717, 1.165) is 89.6 Å². The van der Waals surface area contributed by atoms with E-state index in [0.29, 0.717) is 42.3 Å². The molecule has 0 radical (unpaired) electrons. The zero-order valence-electron chi connectivity index (χ0n) is 20.2. The smallest absolute Gasteiger partial charge is 0.168 e. The molecule has 0 aromatic heterocycles. The topological polar surface area (TPSA) is 47.9 Å². The Labute approximate surface area is 198 Å². The van der Waals surface area contributed by atoms with Gasteiger partial charge in [0.2, 0.25) is 0 Å². The van der Waals surface area contributed by atoms with Gasteiger partial charge in [-0.05, 0) is 101 Å². The molecule has 4 aliphatic rings. The fourth-order valence-electron chi connectivity index (χ4n) is 7.16. The lowest BCUT2D eigenvalue weighted by atomic mass is 9.67. The molecule has 0 bridgehead atoms. The minimum atomic E-state index is -1.03. The summed E-state index contributed by atoms with van der Waals surface area (Å²) >= 11 is 0. The van der Waals surface area contributed by atoms with Crippen LogP contribution in [0.25, 0.3) is 0 Å². The van der Waals surface area contributed by atoms with Crippen LogP contribution in [0.4, 0.5) is 4.39 Å². The second-order valence-corrected chi connectivity index (χ2v) is 11.0. The zero-order chi connectivity index (χ0) is 22.9. The standard InChI is InChI=1S/C28H41FO4/c1-2-31-24-6-3-20(4-7-24)23-5-8-25(26(29)19-23)27(30)13-9-21(10-14-27)22-11-15-28(16-12-22)32-17-18-33-28/h5,8,19-22,24,30H,2-4,6-7,9-18H2,1H3. The van der Waals surface area contributed by atoms with E-state index in [1.807, 2.05) is 13.0 Å². The molecule has 1 aliphatic heterocycles. The molecule has 1 spiro atoms. The highest BCUT2D eigenvalue weighted by Gasteiger charge is 2.44. The van der Waals surface area contributed by atoms with Crippen molar-refractivity contribution in [3.8, 4) is 0 Å². The summed E-state index contributed by atoms with van der Waals surface area (Å²) in [6.07, 6.45) is 12.1. The summed E-state index contributed by atoms with van der Waals surface area (Å²) in [5.41, 5.74) is 0.554. The van der Waals surface area contributed by atoms with Gasteiger partial charge < -0.3 is 19.3 Å². The SMILES string of the molecule is CCOC1CCC(c2ccc(C3(O)CCC(C4CCC5(CC4)OCCO5)CC3)c(F)c2)CC1. The van der Waals surface area contributed by atoms with E-state index in [1.165, 1.54) is 0 Å². The van der Waals surface area contributed by atoms with Gasteiger partial charge in [-0.2, -0.15) is 0 Å². The largest absolute Gasteiger partial charge is 0.385 e. The average molecular weight is 461 g/mol. The number of ether oxygens (including phenoxy) is 3. The van der Waals surface area contributed by atoms with Crippen LogP contribution in [0.15, 0.2) is 18.2 Å². The number of hydrogen-bond acceptors (Lipinski definition) is 4. The maximum Gasteiger partial charge on any atom is 0.168 e. The summed E-state index contributed by atoms with van der Waals surface area (Å²) in [7, 11) is 0. The van der Waals surface area contributed by atoms with Crippen molar-refractivity contribution in [2.45, 2.75) is 107 Å². The first-order valence-electron chi connectivity index (χ1n) is 13.4. The summed E-state index contributed by atoms with van der Waals surface area (Å²) < 4.78 is 32.8. The lowest BCUT2D eigenvalue weighted by Gasteiger charge is -2.43. The van der Waals surface area contributed by atoms with E-state index in [4.69, 9.17) is 14.2 Å². The van der Waals surface area contributed by atoms with Gasteiger partial charge in [0.25, 0.3) is 0 Å². The highest BCUT2D eigenvalue weighted by Crippen LogP contribution is 2.48. The summed E-state index contributed by atoms with van der Waals surface area (Å²) in [6, 6.07) is 5.64. The van der Waals surface area contributed by atoms with Gasteiger partial charge in [-0.3, -0.25) is 0 Å². The zero-order valence-corrected chi connectivity index (χ0v) is 20.2. The summed E-state index contributed by atoms with van der Waals surface area (Å²) in [5, 5.41) is 11.4. The second-order valence-electron chi connectivity index (χ2n) is 11.0. The molecule has 3 saturated carbocycles. The van der Waals surface area contributed by atoms with Crippen LogP contribution in [0.5, 0.6) is 0 Å². The number of aliphatic hydroxyl groups is 1. The van der Waals surface area contributed by atoms with Crippen molar-refractivity contribution < 1.29 is 23.7 Å². The molecule has 0 unspecified atom stereocenters. The molecule has 1 aromatic carbocycles. The van der Waals surface area contributed by atoms with Gasteiger partial charge >= 0.3 is 0 Å². The molecule has 33 heavy (non-hydrogen) atoms. The predicted molar refractivity (Wildman–Crippen MR) is 125 cm³/mol. The molecular formula is C28H41FO4. The van der Waals surface area contributed by atoms with Gasteiger partial charge in [0, 0.05) is 25.0 Å². The summed E-state index contributed by atoms with van der Waals surface area (Å²) in [6.45, 7) is 4.26. The van der Waals surface area contributed by atoms with Gasteiger partial charge in [0.15, 0.2) is 5.79 Å². The quantitative estimate of drug-likeness (QED) is 0.568. The minimum absolute atomic E-state index is 0.226. The van der Waals surface area contributed by atoms with E-state index < -0.39 is 5.60 Å². The first-order valence-corrected chi connectivity index (χ1v) is 13.4. The molecule has 1 N–H and O–H groups in total. The first-order chi connectivity index (χ1) is 16.0. The Bertz CT molecular complexity index is 779. The number of halogens is 1. The van der Waals surface area contributed by atoms with Crippen LogP contribution in [-0.4, -0.2) is 36.8 Å². The van der Waals surface area contributed by atoms with Crippen molar-refractivity contribution in [1.82, 2.24) is 0 Å². The molecule has 184 valence electrons. The van der Waals surface area contributed by atoms with E-state index >= 15 is 4.39 Å². The number of rotatable bonds is 5. The van der Waals surface area contributed by atoms with Crippen LogP contribution >= 0.6 is 0 Å². The van der Waals surface area contributed by atoms with Crippen molar-refractivity contribution >= 4 is 0 Å². The predicted octanol–water partition coefficient (Wildman–Crippen LogP) is 6.20. The van der Waals surface area contributed by atoms with Gasteiger partial charge in [0.05, 0.1) is 24.9 Å². The molecular weight excluding hydrogens is 419 g/mol. The number of hydrogen-bond donors (Lipinski definition) is 1. The van der Waals surface area contributed by atoms with Gasteiger partial charge in [-0.1, -0.05) is 12.1 Å². The van der Waals surface area contributed by atoms with Crippen molar-refractivity contribution in [1.29, 1.82) is 0 Å². The molecule has 0 atom stereocenters. The van der Waals surface area contributed by atoms with Crippen molar-refractivity contribution in [3.05, 3.63) is 35.1 Å². The minimum Gasteiger partial charge on any atom is -0.385 e.